The van der Waals surface area contributed by atoms with Gasteiger partial charge in [-0.2, -0.15) is 0 Å². The van der Waals surface area contributed by atoms with Crippen molar-refractivity contribution >= 4 is 11.3 Å². The number of hydrogen-bond acceptors (Lipinski definition) is 3. The molecule has 18 heavy (non-hydrogen) atoms. The van der Waals surface area contributed by atoms with Gasteiger partial charge < -0.3 is 5.32 Å². The molecule has 0 aliphatic carbocycles. The maximum absolute atomic E-state index is 4.65. The SMILES string of the molecule is CC(C)NCc1csc(CCc2ccccc2)n1. The molecule has 1 N–H and O–H groups in total. The minimum absolute atomic E-state index is 0.513. The Kier molecular flexibility index (Phi) is 4.90. The van der Waals surface area contributed by atoms with Gasteiger partial charge in [-0.3, -0.25) is 0 Å². The Morgan fingerprint density at radius 1 is 1.17 bits per heavy atom. The van der Waals surface area contributed by atoms with Crippen LogP contribution in [0.5, 0.6) is 0 Å². The molecule has 2 aromatic rings. The number of rotatable bonds is 6. The summed E-state index contributed by atoms with van der Waals surface area (Å²) in [6.45, 7) is 5.19. The van der Waals surface area contributed by atoms with Crippen LogP contribution in [0.1, 0.15) is 30.1 Å². The van der Waals surface area contributed by atoms with E-state index >= 15 is 0 Å². The molecular formula is C15H20N2S. The van der Waals surface area contributed by atoms with Crippen molar-refractivity contribution in [2.24, 2.45) is 0 Å². The number of benzene rings is 1. The molecule has 0 bridgehead atoms. The van der Waals surface area contributed by atoms with Crippen molar-refractivity contribution < 1.29 is 0 Å². The first-order valence-corrected chi connectivity index (χ1v) is 7.32. The van der Waals surface area contributed by atoms with E-state index in [1.54, 1.807) is 11.3 Å². The summed E-state index contributed by atoms with van der Waals surface area (Å²) >= 11 is 1.77. The molecule has 3 heteroatoms. The molecule has 0 fully saturated rings. The molecule has 0 saturated heterocycles. The van der Waals surface area contributed by atoms with Gasteiger partial charge in [-0.1, -0.05) is 44.2 Å². The van der Waals surface area contributed by atoms with Gasteiger partial charge in [0.25, 0.3) is 0 Å². The minimum Gasteiger partial charge on any atom is -0.309 e. The standard InChI is InChI=1S/C15H20N2S/c1-12(2)16-10-14-11-18-15(17-14)9-8-13-6-4-3-5-7-13/h3-7,11-12,16H,8-10H2,1-2H3. The van der Waals surface area contributed by atoms with Crippen molar-refractivity contribution in [1.82, 2.24) is 10.3 Å². The van der Waals surface area contributed by atoms with Crippen molar-refractivity contribution in [3.63, 3.8) is 0 Å². The van der Waals surface area contributed by atoms with Crippen molar-refractivity contribution in [3.8, 4) is 0 Å². The third kappa shape index (κ3) is 4.24. The Labute approximate surface area is 113 Å². The monoisotopic (exact) mass is 260 g/mol. The molecule has 1 aromatic heterocycles. The maximum atomic E-state index is 4.65. The molecule has 1 heterocycles. The summed E-state index contributed by atoms with van der Waals surface area (Å²) < 4.78 is 0. The lowest BCUT2D eigenvalue weighted by Gasteiger charge is -2.04. The summed E-state index contributed by atoms with van der Waals surface area (Å²) in [5.74, 6) is 0. The van der Waals surface area contributed by atoms with Gasteiger partial charge in [-0.15, -0.1) is 11.3 Å². The fourth-order valence-electron chi connectivity index (χ4n) is 1.75. The van der Waals surface area contributed by atoms with Crippen molar-refractivity contribution in [1.29, 1.82) is 0 Å². The van der Waals surface area contributed by atoms with Gasteiger partial charge in [0.1, 0.15) is 0 Å². The van der Waals surface area contributed by atoms with Crippen LogP contribution in [0.2, 0.25) is 0 Å². The Morgan fingerprint density at radius 2 is 1.94 bits per heavy atom. The minimum atomic E-state index is 0.513. The van der Waals surface area contributed by atoms with E-state index in [1.807, 2.05) is 0 Å². The van der Waals surface area contributed by atoms with Crippen LogP contribution in [0.15, 0.2) is 35.7 Å². The number of thiazole rings is 1. The molecule has 0 aliphatic rings. The summed E-state index contributed by atoms with van der Waals surface area (Å²) in [7, 11) is 0. The van der Waals surface area contributed by atoms with Crippen LogP contribution in [-0.4, -0.2) is 11.0 Å². The fraction of sp³-hybridized carbons (Fsp3) is 0.400. The number of nitrogens with one attached hydrogen (secondary N) is 1. The lowest BCUT2D eigenvalue weighted by Crippen LogP contribution is -2.21. The Balaban J connectivity index is 1.83. The number of aryl methyl sites for hydroxylation is 2. The van der Waals surface area contributed by atoms with Crippen molar-refractivity contribution in [3.05, 3.63) is 52.0 Å². The van der Waals surface area contributed by atoms with Gasteiger partial charge in [0.2, 0.25) is 0 Å². The molecule has 0 atom stereocenters. The van der Waals surface area contributed by atoms with Crippen LogP contribution in [0.3, 0.4) is 0 Å². The fourth-order valence-corrected chi connectivity index (χ4v) is 2.55. The summed E-state index contributed by atoms with van der Waals surface area (Å²) in [6.07, 6.45) is 2.11. The summed E-state index contributed by atoms with van der Waals surface area (Å²) in [5, 5.41) is 6.79. The van der Waals surface area contributed by atoms with Crippen LogP contribution >= 0.6 is 11.3 Å². The van der Waals surface area contributed by atoms with E-state index in [9.17, 15) is 0 Å². The third-order valence-corrected chi connectivity index (χ3v) is 3.72. The molecule has 0 spiro atoms. The second-order valence-corrected chi connectivity index (χ2v) is 5.70. The lowest BCUT2D eigenvalue weighted by molar-refractivity contribution is 0.582. The molecule has 0 saturated carbocycles. The van der Waals surface area contributed by atoms with E-state index in [2.05, 4.69) is 59.9 Å². The lowest BCUT2D eigenvalue weighted by atomic mass is 10.1. The average Bonchev–Trinajstić information content (AvgIpc) is 2.83. The first kappa shape index (κ1) is 13.2. The normalized spacial score (nSPS) is 11.1. The predicted octanol–water partition coefficient (Wildman–Crippen LogP) is 3.43. The molecule has 2 rings (SSSR count). The quantitative estimate of drug-likeness (QED) is 0.860. The zero-order valence-corrected chi connectivity index (χ0v) is 11.8. The molecule has 0 radical (unpaired) electrons. The Bertz CT molecular complexity index is 462. The second-order valence-electron chi connectivity index (χ2n) is 4.75. The summed E-state index contributed by atoms with van der Waals surface area (Å²) in [4.78, 5) is 4.65. The summed E-state index contributed by atoms with van der Waals surface area (Å²) in [5.41, 5.74) is 2.55. The van der Waals surface area contributed by atoms with E-state index in [4.69, 9.17) is 0 Å². The molecule has 2 nitrogen and oxygen atoms in total. The molecule has 96 valence electrons. The number of nitrogens with zero attached hydrogens (tertiary/aromatic N) is 1. The van der Waals surface area contributed by atoms with Crippen molar-refractivity contribution in [2.75, 3.05) is 0 Å². The summed E-state index contributed by atoms with van der Waals surface area (Å²) in [6, 6.07) is 11.1. The van der Waals surface area contributed by atoms with E-state index in [0.29, 0.717) is 6.04 Å². The second kappa shape index (κ2) is 6.66. The topological polar surface area (TPSA) is 24.9 Å². The number of hydrogen-bond donors (Lipinski definition) is 1. The van der Waals surface area contributed by atoms with Crippen molar-refractivity contribution in [2.45, 2.75) is 39.3 Å². The highest BCUT2D eigenvalue weighted by molar-refractivity contribution is 7.09. The highest BCUT2D eigenvalue weighted by atomic mass is 32.1. The van der Waals surface area contributed by atoms with Crippen LogP contribution in [-0.2, 0) is 19.4 Å². The van der Waals surface area contributed by atoms with Gasteiger partial charge in [-0.25, -0.2) is 4.98 Å². The molecule has 0 unspecified atom stereocenters. The molecule has 0 amide bonds. The molecular weight excluding hydrogens is 240 g/mol. The zero-order valence-electron chi connectivity index (χ0n) is 11.0. The van der Waals surface area contributed by atoms with Crippen LogP contribution < -0.4 is 5.32 Å². The van der Waals surface area contributed by atoms with E-state index < -0.39 is 0 Å². The van der Waals surface area contributed by atoms with E-state index in [1.165, 1.54) is 10.6 Å². The van der Waals surface area contributed by atoms with Crippen LogP contribution in [0.25, 0.3) is 0 Å². The van der Waals surface area contributed by atoms with Gasteiger partial charge >= 0.3 is 0 Å². The highest BCUT2D eigenvalue weighted by Gasteiger charge is 2.03. The van der Waals surface area contributed by atoms with E-state index in [0.717, 1.165) is 25.1 Å². The van der Waals surface area contributed by atoms with Gasteiger partial charge in [0.15, 0.2) is 0 Å². The van der Waals surface area contributed by atoms with Crippen LogP contribution in [0.4, 0.5) is 0 Å². The Hall–Kier alpha value is -1.19. The van der Waals surface area contributed by atoms with Crippen LogP contribution in [0, 0.1) is 0 Å². The average molecular weight is 260 g/mol. The third-order valence-electron chi connectivity index (χ3n) is 2.76. The molecule has 0 aliphatic heterocycles. The highest BCUT2D eigenvalue weighted by Crippen LogP contribution is 2.13. The number of aromatic nitrogens is 1. The molecule has 1 aromatic carbocycles. The first-order valence-electron chi connectivity index (χ1n) is 6.44. The van der Waals surface area contributed by atoms with Gasteiger partial charge in [-0.05, 0) is 12.0 Å². The zero-order chi connectivity index (χ0) is 12.8. The predicted molar refractivity (Wildman–Crippen MR) is 77.9 cm³/mol. The smallest absolute Gasteiger partial charge is 0.0932 e. The van der Waals surface area contributed by atoms with Gasteiger partial charge in [0.05, 0.1) is 10.7 Å². The van der Waals surface area contributed by atoms with Gasteiger partial charge in [0, 0.05) is 24.4 Å². The van der Waals surface area contributed by atoms with E-state index in [-0.39, 0.29) is 0 Å². The largest absolute Gasteiger partial charge is 0.309 e. The Morgan fingerprint density at radius 3 is 2.67 bits per heavy atom. The first-order chi connectivity index (χ1) is 8.74. The maximum Gasteiger partial charge on any atom is 0.0932 e.